The van der Waals surface area contributed by atoms with Gasteiger partial charge in [0, 0.05) is 0 Å². The molecule has 0 bridgehead atoms. The fourth-order valence-electron chi connectivity index (χ4n) is 1.77. The molecule has 1 amide bonds. The summed E-state index contributed by atoms with van der Waals surface area (Å²) in [5, 5.41) is 43.6. The predicted molar refractivity (Wildman–Crippen MR) is 96.8 cm³/mol. The van der Waals surface area contributed by atoms with Gasteiger partial charge >= 0.3 is 17.3 Å². The summed E-state index contributed by atoms with van der Waals surface area (Å²) < 4.78 is 4.95. The van der Waals surface area contributed by atoms with E-state index >= 15 is 0 Å². The van der Waals surface area contributed by atoms with Crippen LogP contribution in [-0.4, -0.2) is 70.9 Å². The Labute approximate surface area is 163 Å². The van der Waals surface area contributed by atoms with Crippen molar-refractivity contribution in [3.05, 3.63) is 42.5 Å². The van der Waals surface area contributed by atoms with Crippen molar-refractivity contribution >= 4 is 29.4 Å². The first-order valence-electron chi connectivity index (χ1n) is 7.67. The molecule has 15 nitrogen and oxygen atoms in total. The number of amides is 1. The highest BCUT2D eigenvalue weighted by molar-refractivity contribution is 5.68. The van der Waals surface area contributed by atoms with Crippen molar-refractivity contribution in [2.75, 3.05) is 27.7 Å². The van der Waals surface area contributed by atoms with E-state index in [4.69, 9.17) is 9.84 Å². The third-order valence-corrected chi connectivity index (χ3v) is 2.79. The van der Waals surface area contributed by atoms with Gasteiger partial charge in [-0.2, -0.15) is 0 Å². The Morgan fingerprint density at radius 1 is 1.14 bits per heavy atom. The van der Waals surface area contributed by atoms with Crippen LogP contribution in [-0.2, 0) is 9.59 Å². The summed E-state index contributed by atoms with van der Waals surface area (Å²) in [4.78, 5) is 52.6. The number of carbonyl (C=O) groups is 2. The number of nitro benzene ring substituents is 3. The maximum absolute atomic E-state index is 11.0. The maximum atomic E-state index is 11.0. The van der Waals surface area contributed by atoms with Crippen LogP contribution < -0.4 is 10.1 Å². The van der Waals surface area contributed by atoms with E-state index in [0.29, 0.717) is 12.1 Å². The van der Waals surface area contributed by atoms with Crippen LogP contribution >= 0.6 is 0 Å². The summed E-state index contributed by atoms with van der Waals surface area (Å²) in [6.45, 7) is -0.648. The van der Waals surface area contributed by atoms with Crippen molar-refractivity contribution in [2.24, 2.45) is 0 Å². The molecule has 2 N–H and O–H groups in total. The van der Waals surface area contributed by atoms with E-state index in [-0.39, 0.29) is 6.41 Å². The van der Waals surface area contributed by atoms with Gasteiger partial charge in [0.1, 0.15) is 6.61 Å². The number of nitrogens with one attached hydrogen (secondary N) is 1. The lowest BCUT2D eigenvalue weighted by Gasteiger charge is -2.14. The summed E-state index contributed by atoms with van der Waals surface area (Å²) in [7, 11) is 6.00. The van der Waals surface area contributed by atoms with Crippen molar-refractivity contribution in [3.8, 4) is 5.75 Å². The normalized spacial score (nSPS) is 10.9. The molecule has 1 aromatic rings. The summed E-state index contributed by atoms with van der Waals surface area (Å²) in [5.74, 6) is -2.21. The summed E-state index contributed by atoms with van der Waals surface area (Å²) in [6, 6.07) is -0.187. The highest BCUT2D eigenvalue weighted by Gasteiger charge is 2.32. The van der Waals surface area contributed by atoms with Crippen molar-refractivity contribution in [3.63, 3.8) is 0 Å². The average Bonchev–Trinajstić information content (AvgIpc) is 2.57. The zero-order chi connectivity index (χ0) is 22.7. The van der Waals surface area contributed by atoms with E-state index in [1.807, 2.05) is 26.0 Å². The molecule has 0 unspecified atom stereocenters. The number of carbonyl (C=O) groups excluding carboxylic acids is 1. The number of rotatable bonds is 10. The topological polar surface area (TPSA) is 208 Å². The standard InChI is InChI=1S/C11H10N4O10.C3H9N/c16-5-12-6(1-10(17)18)4-25-11-8(14(21)22)2-7(13(19)20)3-9(11)15(23)24;1-4(2)3/h2-3,5-6H,1,4H2,(H,12,16)(H,17,18);1-3H3/t6-;/m1./s1. The number of hydrogen-bond donors (Lipinski definition) is 2. The molecule has 0 radical (unpaired) electrons. The summed E-state index contributed by atoms with van der Waals surface area (Å²) in [6.07, 6.45) is -0.455. The van der Waals surface area contributed by atoms with Crippen molar-refractivity contribution < 1.29 is 34.2 Å². The summed E-state index contributed by atoms with van der Waals surface area (Å²) >= 11 is 0. The predicted octanol–water partition coefficient (Wildman–Crippen LogP) is 0.557. The molecule has 0 fully saturated rings. The minimum Gasteiger partial charge on any atom is -0.481 e. The van der Waals surface area contributed by atoms with E-state index in [1.54, 1.807) is 0 Å². The molecule has 0 heterocycles. The van der Waals surface area contributed by atoms with Crippen LogP contribution in [0.2, 0.25) is 0 Å². The lowest BCUT2D eigenvalue weighted by Crippen LogP contribution is -2.35. The second-order valence-electron chi connectivity index (χ2n) is 5.82. The van der Waals surface area contributed by atoms with Crippen LogP contribution in [0.4, 0.5) is 17.1 Å². The smallest absolute Gasteiger partial charge is 0.325 e. The van der Waals surface area contributed by atoms with E-state index in [9.17, 15) is 39.9 Å². The first-order chi connectivity index (χ1) is 13.4. The number of hydrogen-bond acceptors (Lipinski definition) is 10. The summed E-state index contributed by atoms with van der Waals surface area (Å²) in [5.41, 5.74) is -2.97. The Bertz CT molecular complexity index is 744. The molecule has 0 aliphatic carbocycles. The van der Waals surface area contributed by atoms with E-state index in [0.717, 1.165) is 0 Å². The largest absolute Gasteiger partial charge is 0.481 e. The molecular weight excluding hydrogens is 398 g/mol. The highest BCUT2D eigenvalue weighted by atomic mass is 16.6. The van der Waals surface area contributed by atoms with E-state index in [1.165, 1.54) is 0 Å². The number of non-ortho nitro benzene ring substituents is 1. The number of carboxylic acid groups (broad SMARTS) is 1. The fraction of sp³-hybridized carbons (Fsp3) is 0.429. The molecule has 160 valence electrons. The molecule has 0 aliphatic heterocycles. The van der Waals surface area contributed by atoms with Gasteiger partial charge in [-0.25, -0.2) is 0 Å². The van der Waals surface area contributed by atoms with Crippen LogP contribution in [0.3, 0.4) is 0 Å². The Hall–Kier alpha value is -3.88. The van der Waals surface area contributed by atoms with E-state index < -0.39 is 62.6 Å². The van der Waals surface area contributed by atoms with Crippen molar-refractivity contribution in [1.29, 1.82) is 0 Å². The SMILES string of the molecule is CN(C)C.O=CN[C@@H](COc1c([N+](=O)[O-])cc([N+](=O)[O-])cc1[N+](=O)[O-])CC(=O)O. The van der Waals surface area contributed by atoms with Crippen LogP contribution in [0.25, 0.3) is 0 Å². The van der Waals surface area contributed by atoms with Crippen molar-refractivity contribution in [1.82, 2.24) is 10.2 Å². The monoisotopic (exact) mass is 417 g/mol. The van der Waals surface area contributed by atoms with Gasteiger partial charge in [0.15, 0.2) is 0 Å². The maximum Gasteiger partial charge on any atom is 0.325 e. The molecule has 0 spiro atoms. The van der Waals surface area contributed by atoms with Gasteiger partial charge in [0.2, 0.25) is 6.41 Å². The lowest BCUT2D eigenvalue weighted by molar-refractivity contribution is -0.404. The van der Waals surface area contributed by atoms with Gasteiger partial charge < -0.3 is 20.1 Å². The van der Waals surface area contributed by atoms with E-state index in [2.05, 4.69) is 5.32 Å². The molecule has 1 rings (SSSR count). The number of aliphatic carboxylic acids is 1. The first kappa shape index (κ1) is 25.1. The molecule has 15 heteroatoms. The minimum absolute atomic E-state index is 0.162. The third kappa shape index (κ3) is 9.05. The Morgan fingerprint density at radius 3 is 1.90 bits per heavy atom. The number of nitro groups is 3. The Kier molecular flexibility index (Phi) is 10.2. The zero-order valence-electron chi connectivity index (χ0n) is 15.6. The number of carboxylic acids is 1. The Balaban J connectivity index is 0.00000178. The molecule has 0 saturated heterocycles. The second kappa shape index (κ2) is 11.8. The first-order valence-corrected chi connectivity index (χ1v) is 7.67. The highest BCUT2D eigenvalue weighted by Crippen LogP contribution is 2.40. The van der Waals surface area contributed by atoms with Gasteiger partial charge in [-0.05, 0) is 21.1 Å². The minimum atomic E-state index is -1.32. The molecule has 1 aromatic carbocycles. The molecule has 0 aliphatic rings. The van der Waals surface area contributed by atoms with Crippen molar-refractivity contribution in [2.45, 2.75) is 12.5 Å². The van der Waals surface area contributed by atoms with Gasteiger partial charge in [-0.15, -0.1) is 0 Å². The van der Waals surface area contributed by atoms with Gasteiger partial charge in [-0.1, -0.05) is 0 Å². The quantitative estimate of drug-likeness (QED) is 0.305. The molecule has 29 heavy (non-hydrogen) atoms. The Morgan fingerprint density at radius 2 is 1.59 bits per heavy atom. The van der Waals surface area contributed by atoms with Crippen LogP contribution in [0.1, 0.15) is 6.42 Å². The van der Waals surface area contributed by atoms with Crippen LogP contribution in [0.5, 0.6) is 5.75 Å². The van der Waals surface area contributed by atoms with Crippen LogP contribution in [0, 0.1) is 30.3 Å². The fourth-order valence-corrected chi connectivity index (χ4v) is 1.77. The molecule has 0 aromatic heterocycles. The number of benzene rings is 1. The van der Waals surface area contributed by atoms with Gasteiger partial charge in [0.05, 0.1) is 39.4 Å². The number of nitrogens with zero attached hydrogens (tertiary/aromatic N) is 4. The molecular formula is C14H19N5O10. The molecule has 0 saturated carbocycles. The zero-order valence-corrected chi connectivity index (χ0v) is 15.6. The average molecular weight is 417 g/mol. The molecule has 1 atom stereocenters. The second-order valence-corrected chi connectivity index (χ2v) is 5.82. The van der Waals surface area contributed by atoms with Crippen LogP contribution in [0.15, 0.2) is 12.1 Å². The van der Waals surface area contributed by atoms with Gasteiger partial charge in [0.25, 0.3) is 11.4 Å². The van der Waals surface area contributed by atoms with Gasteiger partial charge in [-0.3, -0.25) is 39.9 Å². The third-order valence-electron chi connectivity index (χ3n) is 2.79. The number of ether oxygens (including phenoxy) is 1. The lowest BCUT2D eigenvalue weighted by atomic mass is 10.2.